The highest BCUT2D eigenvalue weighted by atomic mass is 32.1. The second-order valence-electron chi connectivity index (χ2n) is 7.56. The van der Waals surface area contributed by atoms with Crippen molar-refractivity contribution in [1.82, 2.24) is 20.2 Å². The van der Waals surface area contributed by atoms with Crippen LogP contribution in [0.4, 0.5) is 5.82 Å². The van der Waals surface area contributed by atoms with Gasteiger partial charge in [-0.05, 0) is 45.0 Å². The summed E-state index contributed by atoms with van der Waals surface area (Å²) in [5, 5.41) is 7.43. The minimum absolute atomic E-state index is 0.0745. The average molecular weight is 440 g/mol. The number of rotatable bonds is 12. The fourth-order valence-electron chi connectivity index (χ4n) is 3.74. The Morgan fingerprint density at radius 2 is 1.84 bits per heavy atom. The molecule has 0 saturated heterocycles. The first-order valence-corrected chi connectivity index (χ1v) is 12.0. The van der Waals surface area contributed by atoms with Gasteiger partial charge >= 0.3 is 0 Å². The minimum Gasteiger partial charge on any atom is -0.369 e. The topological polar surface area (TPSA) is 70.2 Å². The predicted molar refractivity (Wildman–Crippen MR) is 131 cm³/mol. The number of nitrogens with zero attached hydrogens (tertiary/aromatic N) is 3. The number of benzene rings is 1. The van der Waals surface area contributed by atoms with Crippen LogP contribution in [0.15, 0.2) is 36.7 Å². The van der Waals surface area contributed by atoms with Crippen LogP contribution in [-0.2, 0) is 4.79 Å². The average Bonchev–Trinajstić information content (AvgIpc) is 3.13. The van der Waals surface area contributed by atoms with Gasteiger partial charge in [0.15, 0.2) is 0 Å². The zero-order chi connectivity index (χ0) is 22.1. The number of aromatic nitrogens is 2. The number of anilines is 1. The summed E-state index contributed by atoms with van der Waals surface area (Å²) in [4.78, 5) is 25.7. The number of hydrogen-bond acceptors (Lipinski definition) is 6. The predicted octanol–water partition coefficient (Wildman–Crippen LogP) is 4.71. The van der Waals surface area contributed by atoms with Gasteiger partial charge in [0.2, 0.25) is 5.91 Å². The van der Waals surface area contributed by atoms with Crippen LogP contribution in [0.25, 0.3) is 21.3 Å². The van der Waals surface area contributed by atoms with Crippen LogP contribution >= 0.6 is 11.3 Å². The van der Waals surface area contributed by atoms with E-state index in [-0.39, 0.29) is 5.91 Å². The van der Waals surface area contributed by atoms with Crippen LogP contribution in [-0.4, -0.2) is 53.5 Å². The molecule has 6 nitrogen and oxygen atoms in total. The molecule has 0 aliphatic rings. The molecule has 2 aromatic heterocycles. The molecule has 2 heterocycles. The Bertz CT molecular complexity index is 969. The summed E-state index contributed by atoms with van der Waals surface area (Å²) in [6.45, 7) is 11.0. The van der Waals surface area contributed by atoms with E-state index in [1.165, 1.54) is 10.4 Å². The molecule has 0 bridgehead atoms. The highest BCUT2D eigenvalue weighted by molar-refractivity contribution is 7.19. The lowest BCUT2D eigenvalue weighted by molar-refractivity contribution is -0.120. The molecular weight excluding hydrogens is 406 g/mol. The number of carbonyl (C=O) groups is 1. The summed E-state index contributed by atoms with van der Waals surface area (Å²) >= 11 is 1.67. The largest absolute Gasteiger partial charge is 0.369 e. The Kier molecular flexibility index (Phi) is 8.79. The first kappa shape index (κ1) is 23.2. The molecule has 1 amide bonds. The number of amides is 1. The third-order valence-electron chi connectivity index (χ3n) is 5.49. The van der Waals surface area contributed by atoms with Gasteiger partial charge in [-0.2, -0.15) is 0 Å². The second-order valence-corrected chi connectivity index (χ2v) is 8.77. The van der Waals surface area contributed by atoms with E-state index < -0.39 is 0 Å². The molecule has 3 aromatic rings. The van der Waals surface area contributed by atoms with E-state index in [9.17, 15) is 4.79 Å². The van der Waals surface area contributed by atoms with Crippen molar-refractivity contribution in [1.29, 1.82) is 0 Å². The van der Waals surface area contributed by atoms with Gasteiger partial charge in [0.1, 0.15) is 17.0 Å². The molecule has 0 aliphatic heterocycles. The van der Waals surface area contributed by atoms with Gasteiger partial charge in [-0.15, -0.1) is 11.3 Å². The first-order chi connectivity index (χ1) is 15.1. The highest BCUT2D eigenvalue weighted by Crippen LogP contribution is 2.40. The third-order valence-corrected chi connectivity index (χ3v) is 6.50. The van der Waals surface area contributed by atoms with Gasteiger partial charge < -0.3 is 15.5 Å². The molecule has 0 saturated carbocycles. The Labute approximate surface area is 189 Å². The normalized spacial score (nSPS) is 11.2. The monoisotopic (exact) mass is 439 g/mol. The summed E-state index contributed by atoms with van der Waals surface area (Å²) in [6, 6.07) is 10.3. The first-order valence-electron chi connectivity index (χ1n) is 11.2. The van der Waals surface area contributed by atoms with E-state index in [1.807, 2.05) is 18.2 Å². The minimum atomic E-state index is 0.0745. The van der Waals surface area contributed by atoms with Crippen molar-refractivity contribution in [2.45, 2.75) is 40.0 Å². The molecule has 0 radical (unpaired) electrons. The van der Waals surface area contributed by atoms with E-state index in [0.29, 0.717) is 13.0 Å². The van der Waals surface area contributed by atoms with Crippen LogP contribution in [0.1, 0.15) is 38.0 Å². The molecule has 31 heavy (non-hydrogen) atoms. The molecule has 0 unspecified atom stereocenters. The Hall–Kier alpha value is -2.51. The highest BCUT2D eigenvalue weighted by Gasteiger charge is 2.16. The van der Waals surface area contributed by atoms with Gasteiger partial charge in [0, 0.05) is 30.0 Å². The molecule has 3 rings (SSSR count). The molecular formula is C24H33N5OS. The van der Waals surface area contributed by atoms with Gasteiger partial charge in [0.05, 0.1) is 5.39 Å². The smallest absolute Gasteiger partial charge is 0.221 e. The van der Waals surface area contributed by atoms with E-state index >= 15 is 0 Å². The third kappa shape index (κ3) is 6.24. The van der Waals surface area contributed by atoms with Crippen molar-refractivity contribution in [2.75, 3.05) is 38.0 Å². The lowest BCUT2D eigenvalue weighted by Crippen LogP contribution is -2.28. The van der Waals surface area contributed by atoms with Crippen molar-refractivity contribution >= 4 is 33.3 Å². The fourth-order valence-corrected chi connectivity index (χ4v) is 4.75. The number of aryl methyl sites for hydroxylation is 1. The van der Waals surface area contributed by atoms with Crippen molar-refractivity contribution in [2.24, 2.45) is 0 Å². The Morgan fingerprint density at radius 1 is 1.06 bits per heavy atom. The number of thiophene rings is 1. The van der Waals surface area contributed by atoms with E-state index in [4.69, 9.17) is 0 Å². The maximum Gasteiger partial charge on any atom is 0.221 e. The summed E-state index contributed by atoms with van der Waals surface area (Å²) in [6.07, 6.45) is 4.13. The van der Waals surface area contributed by atoms with Crippen LogP contribution in [0.2, 0.25) is 0 Å². The molecule has 166 valence electrons. The maximum atomic E-state index is 12.2. The van der Waals surface area contributed by atoms with Gasteiger partial charge in [-0.25, -0.2) is 9.97 Å². The molecule has 2 N–H and O–H groups in total. The van der Waals surface area contributed by atoms with E-state index in [0.717, 1.165) is 60.6 Å². The second kappa shape index (κ2) is 11.8. The van der Waals surface area contributed by atoms with Crippen LogP contribution in [0, 0.1) is 6.92 Å². The molecule has 0 aliphatic carbocycles. The number of carbonyl (C=O) groups excluding carboxylic acids is 1. The zero-order valence-corrected chi connectivity index (χ0v) is 19.6. The zero-order valence-electron chi connectivity index (χ0n) is 18.8. The van der Waals surface area contributed by atoms with Crippen LogP contribution in [0.5, 0.6) is 0 Å². The molecule has 7 heteroatoms. The fraction of sp³-hybridized carbons (Fsp3) is 0.458. The standard InChI is InChI=1S/C24H33N5OS/c1-4-29(5-2)16-10-9-14-25-20(30)13-15-26-23-22-21(19-11-7-6-8-12-19)18(3)31-24(22)28-17-27-23/h6-8,11-12,17H,4-5,9-10,13-16H2,1-3H3,(H,25,30)(H,26,27,28). The Morgan fingerprint density at radius 3 is 2.58 bits per heavy atom. The summed E-state index contributed by atoms with van der Waals surface area (Å²) in [7, 11) is 0. The molecule has 1 aromatic carbocycles. The van der Waals surface area contributed by atoms with E-state index in [2.05, 4.69) is 58.4 Å². The Balaban J connectivity index is 1.53. The molecule has 0 fully saturated rings. The van der Waals surface area contributed by atoms with Gasteiger partial charge in [-0.1, -0.05) is 44.2 Å². The SMILES string of the molecule is CCN(CC)CCCCNC(=O)CCNc1ncnc2sc(C)c(-c3ccccc3)c12. The van der Waals surface area contributed by atoms with Crippen molar-refractivity contribution in [3.05, 3.63) is 41.5 Å². The quantitative estimate of drug-likeness (QED) is 0.400. The summed E-state index contributed by atoms with van der Waals surface area (Å²) in [5.41, 5.74) is 2.33. The molecule has 0 spiro atoms. The number of hydrogen-bond donors (Lipinski definition) is 2. The van der Waals surface area contributed by atoms with Crippen LogP contribution < -0.4 is 10.6 Å². The maximum absolute atomic E-state index is 12.2. The summed E-state index contributed by atoms with van der Waals surface area (Å²) in [5.74, 6) is 0.866. The number of unbranched alkanes of at least 4 members (excludes halogenated alkanes) is 1. The van der Waals surface area contributed by atoms with Crippen molar-refractivity contribution < 1.29 is 4.79 Å². The lowest BCUT2D eigenvalue weighted by Gasteiger charge is -2.17. The van der Waals surface area contributed by atoms with Crippen molar-refractivity contribution in [3.63, 3.8) is 0 Å². The molecule has 0 atom stereocenters. The van der Waals surface area contributed by atoms with Gasteiger partial charge in [0.25, 0.3) is 0 Å². The van der Waals surface area contributed by atoms with Crippen molar-refractivity contribution in [3.8, 4) is 11.1 Å². The number of nitrogens with one attached hydrogen (secondary N) is 2. The van der Waals surface area contributed by atoms with Crippen LogP contribution in [0.3, 0.4) is 0 Å². The van der Waals surface area contributed by atoms with E-state index in [1.54, 1.807) is 17.7 Å². The number of fused-ring (bicyclic) bond motifs is 1. The summed E-state index contributed by atoms with van der Waals surface area (Å²) < 4.78 is 0. The van der Waals surface area contributed by atoms with Gasteiger partial charge in [-0.3, -0.25) is 4.79 Å². The lowest BCUT2D eigenvalue weighted by atomic mass is 10.0.